The van der Waals surface area contributed by atoms with Crippen molar-refractivity contribution in [3.8, 4) is 0 Å². The molecule has 0 saturated heterocycles. The van der Waals surface area contributed by atoms with E-state index in [1.165, 1.54) is 0 Å². The van der Waals surface area contributed by atoms with Crippen molar-refractivity contribution in [2.75, 3.05) is 10.6 Å². The molecule has 0 spiro atoms. The predicted octanol–water partition coefficient (Wildman–Crippen LogP) is 2.17. The zero-order valence-electron chi connectivity index (χ0n) is 9.87. The summed E-state index contributed by atoms with van der Waals surface area (Å²) < 4.78 is 0. The van der Waals surface area contributed by atoms with Crippen LogP contribution < -0.4 is 10.6 Å². The lowest BCUT2D eigenvalue weighted by Gasteiger charge is -2.30. The van der Waals surface area contributed by atoms with Crippen molar-refractivity contribution < 1.29 is 4.79 Å². The van der Waals surface area contributed by atoms with Crippen LogP contribution in [0.4, 0.5) is 11.5 Å². The molecule has 1 aliphatic heterocycles. The molecule has 2 N–H and O–H groups in total. The first-order chi connectivity index (χ1) is 7.63. The van der Waals surface area contributed by atoms with Crippen molar-refractivity contribution in [2.24, 2.45) is 5.92 Å². The maximum atomic E-state index is 11.9. The highest BCUT2D eigenvalue weighted by Gasteiger charge is 2.30. The Kier molecular flexibility index (Phi) is 2.81. The zero-order valence-corrected chi connectivity index (χ0v) is 9.87. The van der Waals surface area contributed by atoms with Crippen molar-refractivity contribution in [3.05, 3.63) is 17.8 Å². The number of nitrogens with one attached hydrogen (secondary N) is 2. The topological polar surface area (TPSA) is 54.0 Å². The molecule has 1 amide bonds. The van der Waals surface area contributed by atoms with Crippen molar-refractivity contribution in [1.82, 2.24) is 4.98 Å². The fraction of sp³-hybridized carbons (Fsp3) is 0.500. The van der Waals surface area contributed by atoms with Crippen LogP contribution in [0.2, 0.25) is 0 Å². The Balaban J connectivity index is 2.32. The molecule has 0 bridgehead atoms. The molecule has 4 heteroatoms. The van der Waals surface area contributed by atoms with Gasteiger partial charge in [0, 0.05) is 6.20 Å². The molecule has 2 rings (SSSR count). The van der Waals surface area contributed by atoms with Gasteiger partial charge in [-0.2, -0.15) is 0 Å². The van der Waals surface area contributed by atoms with Gasteiger partial charge in [-0.1, -0.05) is 20.3 Å². The molecular weight excluding hydrogens is 202 g/mol. The maximum absolute atomic E-state index is 11.9. The van der Waals surface area contributed by atoms with E-state index in [9.17, 15) is 4.79 Å². The quantitative estimate of drug-likeness (QED) is 0.801. The van der Waals surface area contributed by atoms with Crippen LogP contribution in [-0.4, -0.2) is 16.9 Å². The summed E-state index contributed by atoms with van der Waals surface area (Å²) in [7, 11) is 0. The van der Waals surface area contributed by atoms with E-state index in [4.69, 9.17) is 0 Å². The Bertz CT molecular complexity index is 417. The number of fused-ring (bicyclic) bond motifs is 1. The van der Waals surface area contributed by atoms with E-state index in [1.54, 1.807) is 6.20 Å². The number of pyridine rings is 1. The molecule has 2 unspecified atom stereocenters. The van der Waals surface area contributed by atoms with Gasteiger partial charge >= 0.3 is 0 Å². The average Bonchev–Trinajstić information content (AvgIpc) is 2.29. The molecule has 1 aliphatic rings. The van der Waals surface area contributed by atoms with Crippen LogP contribution in [0, 0.1) is 12.8 Å². The Morgan fingerprint density at radius 1 is 1.56 bits per heavy atom. The number of aromatic nitrogens is 1. The Morgan fingerprint density at radius 3 is 3.00 bits per heavy atom. The van der Waals surface area contributed by atoms with E-state index in [0.29, 0.717) is 5.92 Å². The largest absolute Gasteiger partial charge is 0.356 e. The third kappa shape index (κ3) is 1.75. The first-order valence-corrected chi connectivity index (χ1v) is 5.66. The molecule has 0 radical (unpaired) electrons. The molecule has 0 saturated carbocycles. The third-order valence-corrected chi connectivity index (χ3v) is 3.20. The summed E-state index contributed by atoms with van der Waals surface area (Å²) in [5.74, 6) is 1.12. The molecular formula is C12H17N3O. The van der Waals surface area contributed by atoms with Crippen LogP contribution >= 0.6 is 0 Å². The number of hydrogen-bond donors (Lipinski definition) is 2. The lowest BCUT2D eigenvalue weighted by Crippen LogP contribution is -2.43. The van der Waals surface area contributed by atoms with Gasteiger partial charge in [-0.25, -0.2) is 4.98 Å². The smallest absolute Gasteiger partial charge is 0.247 e. The van der Waals surface area contributed by atoms with Gasteiger partial charge in [0.25, 0.3) is 0 Å². The number of nitrogens with zero attached hydrogens (tertiary/aromatic N) is 1. The minimum Gasteiger partial charge on any atom is -0.356 e. The molecule has 4 nitrogen and oxygen atoms in total. The Hall–Kier alpha value is -1.58. The second-order valence-electron chi connectivity index (χ2n) is 4.35. The number of hydrogen-bond acceptors (Lipinski definition) is 3. The van der Waals surface area contributed by atoms with Crippen molar-refractivity contribution in [1.29, 1.82) is 0 Å². The second-order valence-corrected chi connectivity index (χ2v) is 4.35. The normalized spacial score (nSPS) is 20.7. The zero-order chi connectivity index (χ0) is 11.7. The van der Waals surface area contributed by atoms with Gasteiger partial charge in [-0.3, -0.25) is 4.79 Å². The fourth-order valence-electron chi connectivity index (χ4n) is 1.88. The van der Waals surface area contributed by atoms with Gasteiger partial charge in [0.1, 0.15) is 6.04 Å². The maximum Gasteiger partial charge on any atom is 0.247 e. The number of carbonyl (C=O) groups is 1. The fourth-order valence-corrected chi connectivity index (χ4v) is 1.88. The summed E-state index contributed by atoms with van der Waals surface area (Å²) in [5.41, 5.74) is 1.85. The number of anilines is 2. The lowest BCUT2D eigenvalue weighted by atomic mass is 9.96. The summed E-state index contributed by atoms with van der Waals surface area (Å²) in [5, 5.41) is 6.14. The summed E-state index contributed by atoms with van der Waals surface area (Å²) in [6.07, 6.45) is 2.72. The Labute approximate surface area is 95.5 Å². The predicted molar refractivity (Wildman–Crippen MR) is 64.5 cm³/mol. The van der Waals surface area contributed by atoms with E-state index in [1.807, 2.05) is 13.0 Å². The Morgan fingerprint density at radius 2 is 2.31 bits per heavy atom. The highest BCUT2D eigenvalue weighted by Crippen LogP contribution is 2.29. The first-order valence-electron chi connectivity index (χ1n) is 5.66. The monoisotopic (exact) mass is 219 g/mol. The van der Waals surface area contributed by atoms with Gasteiger partial charge in [-0.15, -0.1) is 0 Å². The molecule has 2 heterocycles. The van der Waals surface area contributed by atoms with Crippen molar-refractivity contribution in [2.45, 2.75) is 33.2 Å². The van der Waals surface area contributed by atoms with E-state index >= 15 is 0 Å². The van der Waals surface area contributed by atoms with Crippen molar-refractivity contribution in [3.63, 3.8) is 0 Å². The summed E-state index contributed by atoms with van der Waals surface area (Å²) in [6, 6.07) is 1.72. The summed E-state index contributed by atoms with van der Waals surface area (Å²) in [4.78, 5) is 16.2. The number of rotatable bonds is 2. The highest BCUT2D eigenvalue weighted by atomic mass is 16.2. The molecule has 0 fully saturated rings. The first kappa shape index (κ1) is 10.9. The molecule has 0 aromatic carbocycles. The minimum absolute atomic E-state index is 0.0398. The average molecular weight is 219 g/mol. The number of carbonyl (C=O) groups excluding carboxylic acids is 1. The lowest BCUT2D eigenvalue weighted by molar-refractivity contribution is -0.118. The molecule has 2 atom stereocenters. The number of amides is 1. The van der Waals surface area contributed by atoms with Gasteiger partial charge in [0.05, 0.1) is 5.69 Å². The standard InChI is InChI=1S/C12H17N3O/c1-4-7(2)10-12(16)15-9-8(3)5-6-13-11(9)14-10/h5-7,10H,4H2,1-3H3,(H,13,14)(H,15,16). The minimum atomic E-state index is -0.174. The van der Waals surface area contributed by atoms with Crippen LogP contribution in [0.1, 0.15) is 25.8 Å². The molecule has 16 heavy (non-hydrogen) atoms. The van der Waals surface area contributed by atoms with E-state index < -0.39 is 0 Å². The van der Waals surface area contributed by atoms with Crippen LogP contribution in [0.15, 0.2) is 12.3 Å². The summed E-state index contributed by atoms with van der Waals surface area (Å²) >= 11 is 0. The molecule has 0 aliphatic carbocycles. The van der Waals surface area contributed by atoms with Gasteiger partial charge in [-0.05, 0) is 24.5 Å². The van der Waals surface area contributed by atoms with Gasteiger partial charge in [0.2, 0.25) is 5.91 Å². The van der Waals surface area contributed by atoms with Gasteiger partial charge < -0.3 is 10.6 Å². The third-order valence-electron chi connectivity index (χ3n) is 3.20. The van der Waals surface area contributed by atoms with Crippen LogP contribution in [0.5, 0.6) is 0 Å². The molecule has 86 valence electrons. The van der Waals surface area contributed by atoms with Crippen LogP contribution in [-0.2, 0) is 4.79 Å². The highest BCUT2D eigenvalue weighted by molar-refractivity contribution is 6.03. The van der Waals surface area contributed by atoms with E-state index in [-0.39, 0.29) is 11.9 Å². The molecule has 1 aromatic heterocycles. The van der Waals surface area contributed by atoms with E-state index in [0.717, 1.165) is 23.5 Å². The molecule has 1 aromatic rings. The summed E-state index contributed by atoms with van der Waals surface area (Å²) in [6.45, 7) is 6.11. The second kappa shape index (κ2) is 4.12. The van der Waals surface area contributed by atoms with E-state index in [2.05, 4.69) is 29.5 Å². The van der Waals surface area contributed by atoms with Crippen molar-refractivity contribution >= 4 is 17.4 Å². The number of aryl methyl sites for hydroxylation is 1. The van der Waals surface area contributed by atoms with Crippen LogP contribution in [0.25, 0.3) is 0 Å². The van der Waals surface area contributed by atoms with Crippen LogP contribution in [0.3, 0.4) is 0 Å². The SMILES string of the molecule is CCC(C)C1Nc2nccc(C)c2NC1=O. The van der Waals surface area contributed by atoms with Gasteiger partial charge in [0.15, 0.2) is 5.82 Å².